The molecular formula is C26H26N2O2. The molecule has 1 fully saturated rings. The fraction of sp³-hybridized carbons (Fsp3) is 0.269. The van der Waals surface area contributed by atoms with E-state index >= 15 is 0 Å². The van der Waals surface area contributed by atoms with Crippen LogP contribution in [-0.2, 0) is 0 Å². The van der Waals surface area contributed by atoms with Crippen molar-refractivity contribution in [1.29, 1.82) is 0 Å². The lowest BCUT2D eigenvalue weighted by molar-refractivity contribution is 0.0964. The van der Waals surface area contributed by atoms with Gasteiger partial charge in [-0.2, -0.15) is 0 Å². The number of fused-ring (bicyclic) bond motifs is 3. The van der Waals surface area contributed by atoms with Crippen molar-refractivity contribution in [2.75, 3.05) is 25.0 Å². The maximum atomic E-state index is 13.6. The lowest BCUT2D eigenvalue weighted by Crippen LogP contribution is -2.47. The van der Waals surface area contributed by atoms with Crippen molar-refractivity contribution in [3.05, 3.63) is 89.5 Å². The maximum Gasteiger partial charge on any atom is 0.258 e. The summed E-state index contributed by atoms with van der Waals surface area (Å²) in [5.41, 5.74) is 4.32. The predicted molar refractivity (Wildman–Crippen MR) is 120 cm³/mol. The highest BCUT2D eigenvalue weighted by Crippen LogP contribution is 2.45. The number of hydrogen-bond acceptors (Lipinski definition) is 3. The van der Waals surface area contributed by atoms with Gasteiger partial charge in [-0.05, 0) is 75.0 Å². The number of carbonyl (C=O) groups is 1. The monoisotopic (exact) mass is 398 g/mol. The van der Waals surface area contributed by atoms with Gasteiger partial charge in [-0.25, -0.2) is 0 Å². The Balaban J connectivity index is 1.43. The van der Waals surface area contributed by atoms with Gasteiger partial charge < -0.3 is 14.5 Å². The normalized spacial score (nSPS) is 20.5. The van der Waals surface area contributed by atoms with Crippen molar-refractivity contribution in [3.8, 4) is 11.5 Å². The van der Waals surface area contributed by atoms with Gasteiger partial charge in [0.15, 0.2) is 0 Å². The van der Waals surface area contributed by atoms with E-state index in [9.17, 15) is 4.79 Å². The van der Waals surface area contributed by atoms with E-state index in [4.69, 9.17) is 4.74 Å². The Hall–Kier alpha value is -3.11. The van der Waals surface area contributed by atoms with E-state index in [1.54, 1.807) is 0 Å². The highest BCUT2D eigenvalue weighted by Gasteiger charge is 2.44. The van der Waals surface area contributed by atoms with Crippen LogP contribution < -0.4 is 9.64 Å². The molecule has 0 radical (unpaired) electrons. The minimum absolute atomic E-state index is 0.0726. The van der Waals surface area contributed by atoms with Gasteiger partial charge in [-0.3, -0.25) is 4.79 Å². The van der Waals surface area contributed by atoms with Crippen molar-refractivity contribution < 1.29 is 9.53 Å². The van der Waals surface area contributed by atoms with E-state index in [1.165, 1.54) is 11.1 Å². The largest absolute Gasteiger partial charge is 0.457 e. The maximum absolute atomic E-state index is 13.6. The van der Waals surface area contributed by atoms with E-state index in [-0.39, 0.29) is 11.9 Å². The van der Waals surface area contributed by atoms with Crippen molar-refractivity contribution in [3.63, 3.8) is 0 Å². The van der Waals surface area contributed by atoms with Crippen LogP contribution in [0, 0.1) is 6.92 Å². The van der Waals surface area contributed by atoms with Gasteiger partial charge in [0, 0.05) is 29.8 Å². The summed E-state index contributed by atoms with van der Waals surface area (Å²) >= 11 is 0. The molecular weight excluding hydrogens is 372 g/mol. The smallest absolute Gasteiger partial charge is 0.258 e. The third-order valence-electron chi connectivity index (χ3n) is 6.25. The molecule has 3 aromatic rings. The topological polar surface area (TPSA) is 32.8 Å². The van der Waals surface area contributed by atoms with Crippen LogP contribution in [0.5, 0.6) is 11.5 Å². The third kappa shape index (κ3) is 3.37. The number of para-hydroxylation sites is 1. The average Bonchev–Trinajstić information content (AvgIpc) is 3.07. The van der Waals surface area contributed by atoms with Crippen LogP contribution in [-0.4, -0.2) is 37.0 Å². The van der Waals surface area contributed by atoms with E-state index < -0.39 is 0 Å². The number of piperidine rings is 1. The number of likely N-dealkylation sites (N-methyl/N-ethyl adjacent to an activating group) is 1. The molecule has 2 atom stereocenters. The Kier molecular flexibility index (Phi) is 4.80. The second-order valence-electron chi connectivity index (χ2n) is 8.40. The molecule has 2 aliphatic rings. The highest BCUT2D eigenvalue weighted by atomic mass is 16.5. The van der Waals surface area contributed by atoms with Gasteiger partial charge >= 0.3 is 0 Å². The Morgan fingerprint density at radius 3 is 2.47 bits per heavy atom. The molecule has 30 heavy (non-hydrogen) atoms. The first-order valence-corrected chi connectivity index (χ1v) is 10.6. The summed E-state index contributed by atoms with van der Waals surface area (Å²) < 4.78 is 5.88. The number of hydrogen-bond donors (Lipinski definition) is 0. The summed E-state index contributed by atoms with van der Waals surface area (Å²) in [6.07, 6.45) is 0.996. The lowest BCUT2D eigenvalue weighted by atomic mass is 9.88. The number of aryl methyl sites for hydroxylation is 1. The molecule has 0 spiro atoms. The molecule has 3 aromatic carbocycles. The zero-order valence-corrected chi connectivity index (χ0v) is 17.4. The van der Waals surface area contributed by atoms with Gasteiger partial charge in [0.25, 0.3) is 5.91 Å². The summed E-state index contributed by atoms with van der Waals surface area (Å²) in [5.74, 6) is 1.97. The molecule has 4 nitrogen and oxygen atoms in total. The average molecular weight is 399 g/mol. The molecule has 0 aliphatic carbocycles. The summed E-state index contributed by atoms with van der Waals surface area (Å²) in [6, 6.07) is 23.9. The zero-order valence-electron chi connectivity index (χ0n) is 17.4. The number of anilines is 1. The second-order valence-corrected chi connectivity index (χ2v) is 8.40. The molecule has 1 amide bonds. The Labute approximate surface area is 177 Å². The second kappa shape index (κ2) is 7.62. The fourth-order valence-electron chi connectivity index (χ4n) is 4.78. The van der Waals surface area contributed by atoms with E-state index in [2.05, 4.69) is 37.1 Å². The third-order valence-corrected chi connectivity index (χ3v) is 6.25. The Morgan fingerprint density at radius 1 is 0.967 bits per heavy atom. The molecule has 0 N–H and O–H groups in total. The van der Waals surface area contributed by atoms with Gasteiger partial charge in [0.1, 0.15) is 11.5 Å². The molecule has 2 heterocycles. The molecule has 0 aromatic heterocycles. The van der Waals surface area contributed by atoms with Gasteiger partial charge in [-0.1, -0.05) is 35.9 Å². The zero-order chi connectivity index (χ0) is 20.7. The van der Waals surface area contributed by atoms with Crippen LogP contribution >= 0.6 is 0 Å². The first-order chi connectivity index (χ1) is 14.6. The Morgan fingerprint density at radius 2 is 1.70 bits per heavy atom. The number of rotatable bonds is 3. The van der Waals surface area contributed by atoms with Gasteiger partial charge in [-0.15, -0.1) is 0 Å². The molecule has 5 rings (SSSR count). The van der Waals surface area contributed by atoms with E-state index in [0.717, 1.165) is 36.7 Å². The number of benzene rings is 3. The lowest BCUT2D eigenvalue weighted by Gasteiger charge is -2.36. The van der Waals surface area contributed by atoms with Gasteiger partial charge in [0.2, 0.25) is 0 Å². The number of nitrogens with zero attached hydrogens (tertiary/aromatic N) is 2. The van der Waals surface area contributed by atoms with E-state index in [1.807, 2.05) is 59.5 Å². The SMILES string of the molecule is Cc1ccc2c(c1)C1CN(C)CCC1N2C(=O)c1ccc(Oc2ccccc2)cc1. The predicted octanol–water partition coefficient (Wildman–Crippen LogP) is 5.24. The number of ether oxygens (including phenoxy) is 1. The van der Waals surface area contributed by atoms with Gasteiger partial charge in [0.05, 0.1) is 0 Å². The quantitative estimate of drug-likeness (QED) is 0.605. The summed E-state index contributed by atoms with van der Waals surface area (Å²) in [6.45, 7) is 4.13. The molecule has 2 aliphatic heterocycles. The summed E-state index contributed by atoms with van der Waals surface area (Å²) in [5, 5.41) is 0. The first kappa shape index (κ1) is 18.9. The summed E-state index contributed by atoms with van der Waals surface area (Å²) in [4.78, 5) is 18.0. The standard InChI is InChI=1S/C26H26N2O2/c1-18-8-13-24-22(16-18)23-17-27(2)15-14-25(23)28(24)26(29)19-9-11-21(12-10-19)30-20-6-4-3-5-7-20/h3-13,16,23,25H,14-15,17H2,1-2H3. The fourth-order valence-corrected chi connectivity index (χ4v) is 4.78. The number of carbonyl (C=O) groups excluding carboxylic acids is 1. The van der Waals surface area contributed by atoms with Crippen LogP contribution in [0.25, 0.3) is 0 Å². The van der Waals surface area contributed by atoms with Crippen molar-refractivity contribution in [2.24, 2.45) is 0 Å². The first-order valence-electron chi connectivity index (χ1n) is 10.6. The van der Waals surface area contributed by atoms with Crippen LogP contribution in [0.15, 0.2) is 72.8 Å². The highest BCUT2D eigenvalue weighted by molar-refractivity contribution is 6.08. The van der Waals surface area contributed by atoms with Crippen LogP contribution in [0.3, 0.4) is 0 Å². The molecule has 4 heteroatoms. The van der Waals surface area contributed by atoms with Crippen LogP contribution in [0.1, 0.15) is 33.8 Å². The van der Waals surface area contributed by atoms with Crippen LogP contribution in [0.4, 0.5) is 5.69 Å². The molecule has 2 unspecified atom stereocenters. The molecule has 152 valence electrons. The Bertz CT molecular complexity index is 1060. The summed E-state index contributed by atoms with van der Waals surface area (Å²) in [7, 11) is 2.17. The number of likely N-dealkylation sites (tertiary alicyclic amines) is 1. The molecule has 0 bridgehead atoms. The number of amides is 1. The van der Waals surface area contributed by atoms with E-state index in [0.29, 0.717) is 11.5 Å². The van der Waals surface area contributed by atoms with Crippen molar-refractivity contribution in [2.45, 2.75) is 25.3 Å². The molecule has 0 saturated carbocycles. The minimum Gasteiger partial charge on any atom is -0.457 e. The van der Waals surface area contributed by atoms with Crippen molar-refractivity contribution >= 4 is 11.6 Å². The minimum atomic E-state index is 0.0726. The molecule has 1 saturated heterocycles. The van der Waals surface area contributed by atoms with Crippen LogP contribution in [0.2, 0.25) is 0 Å². The van der Waals surface area contributed by atoms with Crippen molar-refractivity contribution in [1.82, 2.24) is 4.90 Å².